The average molecular weight is 271 g/mol. The zero-order valence-electron chi connectivity index (χ0n) is 12.4. The summed E-state index contributed by atoms with van der Waals surface area (Å²) in [6.07, 6.45) is 0. The van der Waals surface area contributed by atoms with E-state index in [4.69, 9.17) is 10.5 Å². The van der Waals surface area contributed by atoms with E-state index in [1.54, 1.807) is 6.07 Å². The first-order chi connectivity index (χ1) is 9.41. The average Bonchev–Trinajstić information content (AvgIpc) is 2.41. The molecule has 0 spiro atoms. The Bertz CT molecular complexity index is 603. The third kappa shape index (κ3) is 3.02. The highest BCUT2D eigenvalue weighted by atomic mass is 16.5. The molecule has 0 amide bonds. The number of nitrogens with one attached hydrogen (secondary N) is 1. The number of para-hydroxylation sites is 1. The molecule has 0 aliphatic rings. The summed E-state index contributed by atoms with van der Waals surface area (Å²) < 4.78 is 5.93. The van der Waals surface area contributed by atoms with Crippen molar-refractivity contribution in [3.05, 3.63) is 42.0 Å². The number of aromatic nitrogens is 1. The minimum atomic E-state index is -0.00796. The molecule has 2 aromatic rings. The van der Waals surface area contributed by atoms with E-state index in [0.29, 0.717) is 11.6 Å². The minimum Gasteiger partial charge on any atom is -0.437 e. The molecule has 3 N–H and O–H groups in total. The van der Waals surface area contributed by atoms with Crippen molar-refractivity contribution >= 4 is 11.5 Å². The zero-order valence-corrected chi connectivity index (χ0v) is 12.4. The molecule has 4 heteroatoms. The smallest absolute Gasteiger partial charge is 0.244 e. The molecule has 0 saturated carbocycles. The van der Waals surface area contributed by atoms with Crippen LogP contribution in [0.15, 0.2) is 36.4 Å². The van der Waals surface area contributed by atoms with E-state index in [9.17, 15) is 0 Å². The lowest BCUT2D eigenvalue weighted by atomic mass is 9.86. The third-order valence-corrected chi connectivity index (χ3v) is 3.05. The Morgan fingerprint density at radius 2 is 1.80 bits per heavy atom. The summed E-state index contributed by atoms with van der Waals surface area (Å²) in [5, 5.41) is 2.98. The van der Waals surface area contributed by atoms with Crippen LogP contribution in [0.25, 0.3) is 0 Å². The summed E-state index contributed by atoms with van der Waals surface area (Å²) in [6.45, 7) is 6.45. The van der Waals surface area contributed by atoms with Gasteiger partial charge >= 0.3 is 0 Å². The van der Waals surface area contributed by atoms with Gasteiger partial charge in [0, 0.05) is 12.6 Å². The molecule has 0 fully saturated rings. The van der Waals surface area contributed by atoms with Crippen LogP contribution in [0.3, 0.4) is 0 Å². The van der Waals surface area contributed by atoms with Crippen LogP contribution in [0, 0.1) is 0 Å². The van der Waals surface area contributed by atoms with Gasteiger partial charge in [0.05, 0.1) is 5.69 Å². The van der Waals surface area contributed by atoms with Gasteiger partial charge in [-0.1, -0.05) is 39.0 Å². The van der Waals surface area contributed by atoms with Crippen LogP contribution in [0.1, 0.15) is 26.3 Å². The Hall–Kier alpha value is -2.23. The maximum atomic E-state index is 5.94. The first-order valence-corrected chi connectivity index (χ1v) is 6.63. The van der Waals surface area contributed by atoms with Crippen LogP contribution in [0.2, 0.25) is 0 Å². The first kappa shape index (κ1) is 14.2. The maximum absolute atomic E-state index is 5.94. The molecule has 0 saturated heterocycles. The number of benzene rings is 1. The van der Waals surface area contributed by atoms with Crippen LogP contribution >= 0.6 is 0 Å². The quantitative estimate of drug-likeness (QED) is 0.891. The monoisotopic (exact) mass is 271 g/mol. The molecule has 20 heavy (non-hydrogen) atoms. The highest BCUT2D eigenvalue weighted by molar-refractivity contribution is 5.55. The van der Waals surface area contributed by atoms with E-state index in [2.05, 4.69) is 37.1 Å². The molecule has 2 rings (SSSR count). The Labute approximate surface area is 120 Å². The molecule has 1 aromatic carbocycles. The number of nitrogens with two attached hydrogens (primary N) is 1. The molecule has 0 atom stereocenters. The highest BCUT2D eigenvalue weighted by Gasteiger charge is 2.19. The lowest BCUT2D eigenvalue weighted by Gasteiger charge is -2.22. The van der Waals surface area contributed by atoms with Crippen molar-refractivity contribution in [2.24, 2.45) is 0 Å². The Morgan fingerprint density at radius 3 is 2.45 bits per heavy atom. The SMILES string of the molecule is CNc1ccc(N)c(Oc2ccccc2C(C)(C)C)n1. The number of rotatable bonds is 3. The van der Waals surface area contributed by atoms with Gasteiger partial charge in [-0.2, -0.15) is 4.98 Å². The van der Waals surface area contributed by atoms with E-state index >= 15 is 0 Å². The topological polar surface area (TPSA) is 60.2 Å². The van der Waals surface area contributed by atoms with Crippen molar-refractivity contribution in [1.82, 2.24) is 4.98 Å². The van der Waals surface area contributed by atoms with Crippen LogP contribution in [0.5, 0.6) is 11.6 Å². The molecule has 4 nitrogen and oxygen atoms in total. The standard InChI is InChI=1S/C16H21N3O/c1-16(2,3)11-7-5-6-8-13(11)20-15-12(17)9-10-14(18-4)19-15/h5-10H,17H2,1-4H3,(H,18,19). The van der Waals surface area contributed by atoms with E-state index < -0.39 is 0 Å². The third-order valence-electron chi connectivity index (χ3n) is 3.05. The number of nitrogens with zero attached hydrogens (tertiary/aromatic N) is 1. The Balaban J connectivity index is 2.40. The van der Waals surface area contributed by atoms with Gasteiger partial charge in [-0.15, -0.1) is 0 Å². The first-order valence-electron chi connectivity index (χ1n) is 6.63. The Morgan fingerprint density at radius 1 is 1.10 bits per heavy atom. The Kier molecular flexibility index (Phi) is 3.84. The molecule has 1 heterocycles. The van der Waals surface area contributed by atoms with Crippen molar-refractivity contribution in [3.63, 3.8) is 0 Å². The number of anilines is 2. The van der Waals surface area contributed by atoms with Crippen LogP contribution < -0.4 is 15.8 Å². The van der Waals surface area contributed by atoms with Crippen molar-refractivity contribution in [2.45, 2.75) is 26.2 Å². The molecule has 0 aliphatic carbocycles. The largest absolute Gasteiger partial charge is 0.437 e. The number of pyridine rings is 1. The molecule has 0 unspecified atom stereocenters. The van der Waals surface area contributed by atoms with Gasteiger partial charge in [0.25, 0.3) is 0 Å². The van der Waals surface area contributed by atoms with Gasteiger partial charge in [-0.25, -0.2) is 0 Å². The van der Waals surface area contributed by atoms with Crippen molar-refractivity contribution < 1.29 is 4.74 Å². The van der Waals surface area contributed by atoms with Gasteiger partial charge in [0.15, 0.2) is 0 Å². The van der Waals surface area contributed by atoms with Crippen molar-refractivity contribution in [1.29, 1.82) is 0 Å². The molecular formula is C16H21N3O. The van der Waals surface area contributed by atoms with Crippen LogP contribution in [-0.2, 0) is 5.41 Å². The van der Waals surface area contributed by atoms with E-state index in [-0.39, 0.29) is 5.41 Å². The van der Waals surface area contributed by atoms with Crippen LogP contribution in [0.4, 0.5) is 11.5 Å². The fourth-order valence-electron chi connectivity index (χ4n) is 1.95. The lowest BCUT2D eigenvalue weighted by Crippen LogP contribution is -2.12. The van der Waals surface area contributed by atoms with Crippen LogP contribution in [-0.4, -0.2) is 12.0 Å². The van der Waals surface area contributed by atoms with Gasteiger partial charge in [-0.3, -0.25) is 0 Å². The zero-order chi connectivity index (χ0) is 14.8. The molecule has 0 aliphatic heterocycles. The predicted molar refractivity (Wildman–Crippen MR) is 83.4 cm³/mol. The second kappa shape index (κ2) is 5.41. The summed E-state index contributed by atoms with van der Waals surface area (Å²) in [4.78, 5) is 4.35. The highest BCUT2D eigenvalue weighted by Crippen LogP contribution is 2.35. The summed E-state index contributed by atoms with van der Waals surface area (Å²) in [5.41, 5.74) is 7.57. The minimum absolute atomic E-state index is 0.00796. The van der Waals surface area contributed by atoms with Crippen molar-refractivity contribution in [2.75, 3.05) is 18.1 Å². The van der Waals surface area contributed by atoms with Gasteiger partial charge in [0.1, 0.15) is 11.6 Å². The van der Waals surface area contributed by atoms with Gasteiger partial charge in [0.2, 0.25) is 5.88 Å². The number of nitrogen functional groups attached to an aromatic ring is 1. The number of ether oxygens (including phenoxy) is 1. The predicted octanol–water partition coefficient (Wildman–Crippen LogP) is 3.80. The summed E-state index contributed by atoms with van der Waals surface area (Å²) in [5.74, 6) is 1.93. The molecule has 1 aromatic heterocycles. The molecule has 0 bridgehead atoms. The van der Waals surface area contributed by atoms with E-state index in [1.165, 1.54) is 0 Å². The van der Waals surface area contributed by atoms with E-state index in [1.807, 2.05) is 31.3 Å². The fourth-order valence-corrected chi connectivity index (χ4v) is 1.95. The second-order valence-electron chi connectivity index (χ2n) is 5.69. The maximum Gasteiger partial charge on any atom is 0.244 e. The normalized spacial score (nSPS) is 11.2. The fraction of sp³-hybridized carbons (Fsp3) is 0.312. The number of hydrogen-bond acceptors (Lipinski definition) is 4. The molecule has 0 radical (unpaired) electrons. The number of hydrogen-bond donors (Lipinski definition) is 2. The molecular weight excluding hydrogens is 250 g/mol. The lowest BCUT2D eigenvalue weighted by molar-refractivity contribution is 0.442. The van der Waals surface area contributed by atoms with E-state index in [0.717, 1.165) is 17.1 Å². The summed E-state index contributed by atoms with van der Waals surface area (Å²) in [6, 6.07) is 11.6. The molecule has 106 valence electrons. The van der Waals surface area contributed by atoms with Crippen molar-refractivity contribution in [3.8, 4) is 11.6 Å². The second-order valence-corrected chi connectivity index (χ2v) is 5.69. The summed E-state index contributed by atoms with van der Waals surface area (Å²) >= 11 is 0. The van der Waals surface area contributed by atoms with Gasteiger partial charge < -0.3 is 15.8 Å². The van der Waals surface area contributed by atoms with Gasteiger partial charge in [-0.05, 0) is 23.6 Å². The summed E-state index contributed by atoms with van der Waals surface area (Å²) in [7, 11) is 1.81.